The van der Waals surface area contributed by atoms with Crippen molar-refractivity contribution in [2.24, 2.45) is 0 Å². The highest BCUT2D eigenvalue weighted by atomic mass is 32.2. The van der Waals surface area contributed by atoms with E-state index in [0.717, 1.165) is 16.5 Å². The van der Waals surface area contributed by atoms with Crippen molar-refractivity contribution < 1.29 is 9.18 Å². The maximum atomic E-state index is 13.8. The van der Waals surface area contributed by atoms with E-state index in [9.17, 15) is 9.18 Å². The Hall–Kier alpha value is -1.48. The van der Waals surface area contributed by atoms with Gasteiger partial charge in [0.15, 0.2) is 0 Å². The number of hydrazine groups is 1. The van der Waals surface area contributed by atoms with E-state index >= 15 is 0 Å². The molecule has 2 unspecified atom stereocenters. The van der Waals surface area contributed by atoms with Crippen LogP contribution in [0.1, 0.15) is 28.7 Å². The molecule has 1 saturated heterocycles. The molecule has 2 heterocycles. The molecule has 5 nitrogen and oxygen atoms in total. The van der Waals surface area contributed by atoms with E-state index in [1.54, 1.807) is 41.3 Å². The molecule has 0 radical (unpaired) electrons. The maximum Gasteiger partial charge on any atom is 0.238 e. The van der Waals surface area contributed by atoms with Crippen molar-refractivity contribution in [3.63, 3.8) is 0 Å². The highest BCUT2D eigenvalue weighted by Gasteiger charge is 2.31. The molecule has 1 aromatic heterocycles. The van der Waals surface area contributed by atoms with Gasteiger partial charge in [-0.1, -0.05) is 18.2 Å². The first kappa shape index (κ1) is 18.3. The number of benzene rings is 1. The lowest BCUT2D eigenvalue weighted by atomic mass is 10.0. The number of hydrogen-bond acceptors (Lipinski definition) is 6. The van der Waals surface area contributed by atoms with E-state index in [4.69, 9.17) is 0 Å². The molecule has 1 aliphatic heterocycles. The number of nitrogens with zero attached hydrogens (tertiary/aromatic N) is 1. The van der Waals surface area contributed by atoms with Gasteiger partial charge in [-0.2, -0.15) is 11.8 Å². The molecule has 0 saturated carbocycles. The summed E-state index contributed by atoms with van der Waals surface area (Å²) in [7, 11) is 0. The van der Waals surface area contributed by atoms with Crippen LogP contribution in [-0.2, 0) is 17.0 Å². The number of amides is 1. The first-order valence-electron chi connectivity index (χ1n) is 8.12. The van der Waals surface area contributed by atoms with E-state index in [0.29, 0.717) is 24.9 Å². The summed E-state index contributed by atoms with van der Waals surface area (Å²) < 4.78 is 13.8. The molecule has 0 bridgehead atoms. The van der Waals surface area contributed by atoms with Crippen LogP contribution in [0.2, 0.25) is 0 Å². The first-order chi connectivity index (χ1) is 12.2. The van der Waals surface area contributed by atoms with E-state index in [1.807, 2.05) is 5.38 Å². The van der Waals surface area contributed by atoms with Gasteiger partial charge in [0.2, 0.25) is 5.91 Å². The summed E-state index contributed by atoms with van der Waals surface area (Å²) in [5, 5.41) is 6.08. The quantitative estimate of drug-likeness (QED) is 0.688. The number of carbonyl (C=O) groups excluding carboxylic acids is 1. The lowest BCUT2D eigenvalue weighted by Gasteiger charge is -2.11. The van der Waals surface area contributed by atoms with Gasteiger partial charge in [-0.3, -0.25) is 4.79 Å². The van der Waals surface area contributed by atoms with Gasteiger partial charge in [-0.15, -0.1) is 11.3 Å². The minimum absolute atomic E-state index is 0.0779. The van der Waals surface area contributed by atoms with Crippen LogP contribution in [0.5, 0.6) is 0 Å². The molecule has 2 atom stereocenters. The number of halogens is 1. The summed E-state index contributed by atoms with van der Waals surface area (Å²) in [5.41, 5.74) is 7.55. The third kappa shape index (κ3) is 4.78. The molecule has 1 aromatic carbocycles. The predicted molar refractivity (Wildman–Crippen MR) is 99.9 cm³/mol. The molecule has 8 heteroatoms. The van der Waals surface area contributed by atoms with Crippen LogP contribution in [0.25, 0.3) is 0 Å². The second kappa shape index (κ2) is 8.75. The van der Waals surface area contributed by atoms with Crippen LogP contribution in [0.4, 0.5) is 4.39 Å². The molecule has 25 heavy (non-hydrogen) atoms. The van der Waals surface area contributed by atoms with Gasteiger partial charge in [0, 0.05) is 29.7 Å². The molecule has 0 aliphatic carbocycles. The Kier molecular flexibility index (Phi) is 6.41. The number of nitrogens with one attached hydrogen (secondary N) is 3. The minimum atomic E-state index is -0.368. The topological polar surface area (TPSA) is 66.0 Å². The van der Waals surface area contributed by atoms with Crippen molar-refractivity contribution in [1.29, 1.82) is 0 Å². The van der Waals surface area contributed by atoms with Crippen LogP contribution in [0.15, 0.2) is 29.6 Å². The summed E-state index contributed by atoms with van der Waals surface area (Å²) in [6.07, 6.45) is 3.29. The lowest BCUT2D eigenvalue weighted by molar-refractivity contribution is -0.122. The second-order valence-electron chi connectivity index (χ2n) is 5.86. The van der Waals surface area contributed by atoms with Gasteiger partial charge in [0.1, 0.15) is 16.9 Å². The summed E-state index contributed by atoms with van der Waals surface area (Å²) in [6, 6.07) is 6.06. The van der Waals surface area contributed by atoms with Gasteiger partial charge in [-0.05, 0) is 18.7 Å². The molecular weight excluding hydrogens is 359 g/mol. The van der Waals surface area contributed by atoms with Gasteiger partial charge < -0.3 is 5.32 Å². The number of aromatic nitrogens is 1. The van der Waals surface area contributed by atoms with E-state index < -0.39 is 0 Å². The lowest BCUT2D eigenvalue weighted by Crippen LogP contribution is -2.43. The zero-order chi connectivity index (χ0) is 17.6. The molecule has 1 amide bonds. The third-order valence-electron chi connectivity index (χ3n) is 4.05. The highest BCUT2D eigenvalue weighted by Crippen LogP contribution is 2.24. The Morgan fingerprint density at radius 1 is 1.44 bits per heavy atom. The predicted octanol–water partition coefficient (Wildman–Crippen LogP) is 2.41. The average molecular weight is 381 g/mol. The van der Waals surface area contributed by atoms with Gasteiger partial charge in [-0.25, -0.2) is 20.2 Å². The largest absolute Gasteiger partial charge is 0.354 e. The van der Waals surface area contributed by atoms with Gasteiger partial charge in [0.05, 0.1) is 11.7 Å². The van der Waals surface area contributed by atoms with Crippen LogP contribution >= 0.6 is 23.1 Å². The average Bonchev–Trinajstić information content (AvgIpc) is 3.25. The summed E-state index contributed by atoms with van der Waals surface area (Å²) in [6.45, 7) is 0.545. The monoisotopic (exact) mass is 380 g/mol. The first-order valence-corrected chi connectivity index (χ1v) is 10.4. The Balaban J connectivity index is 1.45. The molecule has 0 spiro atoms. The fourth-order valence-corrected chi connectivity index (χ4v) is 4.33. The van der Waals surface area contributed by atoms with E-state index in [2.05, 4.69) is 27.4 Å². The Morgan fingerprint density at radius 2 is 2.28 bits per heavy atom. The number of carbonyl (C=O) groups is 1. The Morgan fingerprint density at radius 3 is 3.08 bits per heavy atom. The molecule has 3 N–H and O–H groups in total. The van der Waals surface area contributed by atoms with Gasteiger partial charge in [0.25, 0.3) is 0 Å². The molecule has 1 fully saturated rings. The second-order valence-corrected chi connectivity index (χ2v) is 7.67. The van der Waals surface area contributed by atoms with Gasteiger partial charge >= 0.3 is 0 Å². The Bertz CT molecular complexity index is 724. The van der Waals surface area contributed by atoms with E-state index in [1.165, 1.54) is 6.07 Å². The smallest absolute Gasteiger partial charge is 0.238 e. The van der Waals surface area contributed by atoms with Crippen LogP contribution in [-0.4, -0.2) is 29.7 Å². The zero-order valence-electron chi connectivity index (χ0n) is 13.9. The number of thiazole rings is 1. The summed E-state index contributed by atoms with van der Waals surface area (Å²) in [4.78, 5) is 16.8. The Labute approximate surface area is 154 Å². The maximum absolute atomic E-state index is 13.8. The van der Waals surface area contributed by atoms with Crippen molar-refractivity contribution in [3.8, 4) is 0 Å². The van der Waals surface area contributed by atoms with Crippen LogP contribution in [0, 0.1) is 5.82 Å². The van der Waals surface area contributed by atoms with Crippen molar-refractivity contribution >= 4 is 29.0 Å². The fourth-order valence-electron chi connectivity index (χ4n) is 2.78. The standard InChI is InChI=1S/C17H21FN4OS2/c1-24-10-16-20-11(9-25-16)6-7-19-17(23)15-8-14(21-22-15)12-4-2-3-5-13(12)18/h2-5,9,14-15,21-22H,6-8,10H2,1H3,(H,19,23). The summed E-state index contributed by atoms with van der Waals surface area (Å²) >= 11 is 3.40. The number of rotatable bonds is 7. The zero-order valence-corrected chi connectivity index (χ0v) is 15.6. The summed E-state index contributed by atoms with van der Waals surface area (Å²) in [5.74, 6) is 0.588. The molecule has 134 valence electrons. The normalized spacial score (nSPS) is 19.9. The van der Waals surface area contributed by atoms with Crippen molar-refractivity contribution in [2.45, 2.75) is 30.7 Å². The van der Waals surface area contributed by atoms with Crippen molar-refractivity contribution in [3.05, 3.63) is 51.7 Å². The fraction of sp³-hybridized carbons (Fsp3) is 0.412. The van der Waals surface area contributed by atoms with Crippen LogP contribution in [0.3, 0.4) is 0 Å². The number of thioether (sulfide) groups is 1. The SMILES string of the molecule is CSCc1nc(CCNC(=O)C2CC(c3ccccc3F)NN2)cs1. The van der Waals surface area contributed by atoms with E-state index in [-0.39, 0.29) is 23.8 Å². The van der Waals surface area contributed by atoms with Crippen molar-refractivity contribution in [2.75, 3.05) is 12.8 Å². The third-order valence-corrected chi connectivity index (χ3v) is 5.69. The molecule has 2 aromatic rings. The van der Waals surface area contributed by atoms with Crippen LogP contribution < -0.4 is 16.2 Å². The highest BCUT2D eigenvalue weighted by molar-refractivity contribution is 7.97. The molecular formula is C17H21FN4OS2. The number of hydrogen-bond donors (Lipinski definition) is 3. The van der Waals surface area contributed by atoms with Crippen molar-refractivity contribution in [1.82, 2.24) is 21.2 Å². The molecule has 3 rings (SSSR count). The molecule has 1 aliphatic rings. The minimum Gasteiger partial charge on any atom is -0.354 e.